The molecule has 0 aromatic rings. The van der Waals surface area contributed by atoms with Crippen molar-refractivity contribution in [3.63, 3.8) is 0 Å². The number of piperidine rings is 1. The Morgan fingerprint density at radius 3 is 1.90 bits per heavy atom. The van der Waals surface area contributed by atoms with Gasteiger partial charge in [0.1, 0.15) is 0 Å². The molecule has 3 rings (SSSR count). The average molecular weight is 290 g/mol. The average Bonchev–Trinajstić information content (AvgIpc) is 2.62. The fourth-order valence-corrected chi connectivity index (χ4v) is 4.47. The molecule has 0 aromatic carbocycles. The van der Waals surface area contributed by atoms with E-state index in [-0.39, 0.29) is 0 Å². The molecule has 2 atom stereocenters. The molecule has 2 unspecified atom stereocenters. The third-order valence-corrected chi connectivity index (χ3v) is 5.76. The predicted octanol–water partition coefficient (Wildman–Crippen LogP) is 3.32. The summed E-state index contributed by atoms with van der Waals surface area (Å²) in [6.07, 6.45) is 2.93. The van der Waals surface area contributed by atoms with E-state index in [0.29, 0.717) is 49.9 Å². The molecule has 3 aliphatic rings. The van der Waals surface area contributed by atoms with Gasteiger partial charge in [0.05, 0.1) is 5.92 Å². The Morgan fingerprint density at radius 1 is 0.850 bits per heavy atom. The maximum absolute atomic E-state index is 12.7. The molecule has 5 heteroatoms. The highest BCUT2D eigenvalue weighted by atomic mass is 19.4. The Hall–Kier alpha value is -0.290. The minimum absolute atomic E-state index is 0.306. The van der Waals surface area contributed by atoms with Crippen LogP contribution in [-0.4, -0.2) is 42.3 Å². The Bertz CT molecular complexity index is 323. The number of nitrogens with one attached hydrogen (secondary N) is 1. The lowest BCUT2D eigenvalue weighted by Crippen LogP contribution is -2.50. The van der Waals surface area contributed by atoms with Crippen molar-refractivity contribution in [3.8, 4) is 0 Å². The van der Waals surface area contributed by atoms with Crippen molar-refractivity contribution in [2.75, 3.05) is 7.05 Å². The highest BCUT2D eigenvalue weighted by Crippen LogP contribution is 2.39. The zero-order chi connectivity index (χ0) is 14.3. The van der Waals surface area contributed by atoms with E-state index in [1.54, 1.807) is 0 Å². The second-order valence-electron chi connectivity index (χ2n) is 6.98. The van der Waals surface area contributed by atoms with Crippen LogP contribution in [0, 0.1) is 5.92 Å². The van der Waals surface area contributed by atoms with Gasteiger partial charge in [0.15, 0.2) is 0 Å². The molecule has 2 heterocycles. The first-order chi connectivity index (χ1) is 9.43. The lowest BCUT2D eigenvalue weighted by Gasteiger charge is -2.39. The van der Waals surface area contributed by atoms with Gasteiger partial charge < -0.3 is 10.2 Å². The number of hydrogen-bond acceptors (Lipinski definition) is 2. The van der Waals surface area contributed by atoms with Gasteiger partial charge in [-0.05, 0) is 58.4 Å². The number of halogens is 3. The number of fused-ring (bicyclic) bond motifs is 2. The fourth-order valence-electron chi connectivity index (χ4n) is 4.47. The Labute approximate surface area is 119 Å². The molecule has 0 spiro atoms. The van der Waals surface area contributed by atoms with Gasteiger partial charge in [-0.2, -0.15) is 13.2 Å². The van der Waals surface area contributed by atoms with E-state index >= 15 is 0 Å². The van der Waals surface area contributed by atoms with Crippen molar-refractivity contribution >= 4 is 0 Å². The summed E-state index contributed by atoms with van der Waals surface area (Å²) in [6.45, 7) is 0. The molecule has 2 aliphatic heterocycles. The summed E-state index contributed by atoms with van der Waals surface area (Å²) >= 11 is 0. The zero-order valence-electron chi connectivity index (χ0n) is 12.1. The molecule has 2 nitrogen and oxygen atoms in total. The SMILES string of the molecule is CN1C2CCC1CC(NC1CCC(C(F)(F)F)CC1)C2. The van der Waals surface area contributed by atoms with E-state index in [1.165, 1.54) is 25.7 Å². The zero-order valence-corrected chi connectivity index (χ0v) is 12.1. The summed E-state index contributed by atoms with van der Waals surface area (Å²) in [6, 6.07) is 2.22. The van der Waals surface area contributed by atoms with Gasteiger partial charge in [0.25, 0.3) is 0 Å². The van der Waals surface area contributed by atoms with E-state index in [1.807, 2.05) is 0 Å². The molecule has 0 radical (unpaired) electrons. The first-order valence-corrected chi connectivity index (χ1v) is 7.98. The molecule has 2 bridgehead atoms. The molecule has 1 aliphatic carbocycles. The summed E-state index contributed by atoms with van der Waals surface area (Å²) in [4.78, 5) is 2.50. The quantitative estimate of drug-likeness (QED) is 0.839. The smallest absolute Gasteiger partial charge is 0.311 e. The molecule has 3 fully saturated rings. The second kappa shape index (κ2) is 5.48. The van der Waals surface area contributed by atoms with Crippen LogP contribution >= 0.6 is 0 Å². The predicted molar refractivity (Wildman–Crippen MR) is 72.5 cm³/mol. The third-order valence-electron chi connectivity index (χ3n) is 5.76. The van der Waals surface area contributed by atoms with E-state index in [0.717, 1.165) is 0 Å². The van der Waals surface area contributed by atoms with Gasteiger partial charge >= 0.3 is 6.18 Å². The van der Waals surface area contributed by atoms with Crippen LogP contribution in [0.2, 0.25) is 0 Å². The number of hydrogen-bond donors (Lipinski definition) is 1. The molecular weight excluding hydrogens is 265 g/mol. The number of rotatable bonds is 2. The topological polar surface area (TPSA) is 15.3 Å². The van der Waals surface area contributed by atoms with Gasteiger partial charge in [0, 0.05) is 24.2 Å². The normalized spacial score (nSPS) is 42.9. The molecule has 1 saturated carbocycles. The minimum atomic E-state index is -3.99. The Balaban J connectivity index is 1.46. The summed E-state index contributed by atoms with van der Waals surface area (Å²) in [5.41, 5.74) is 0. The van der Waals surface area contributed by atoms with Crippen molar-refractivity contribution < 1.29 is 13.2 Å². The molecular formula is C15H25F3N2. The summed E-state index contributed by atoms with van der Waals surface area (Å²) in [5, 5.41) is 3.66. The first kappa shape index (κ1) is 14.6. The maximum Gasteiger partial charge on any atom is 0.391 e. The van der Waals surface area contributed by atoms with Crippen molar-refractivity contribution in [1.82, 2.24) is 10.2 Å². The van der Waals surface area contributed by atoms with E-state index in [9.17, 15) is 13.2 Å². The monoisotopic (exact) mass is 290 g/mol. The molecule has 0 aromatic heterocycles. The van der Waals surface area contributed by atoms with Gasteiger partial charge in [-0.3, -0.25) is 0 Å². The van der Waals surface area contributed by atoms with E-state index < -0.39 is 12.1 Å². The van der Waals surface area contributed by atoms with Gasteiger partial charge in [-0.1, -0.05) is 0 Å². The molecule has 0 amide bonds. The van der Waals surface area contributed by atoms with Crippen LogP contribution in [0.5, 0.6) is 0 Å². The Morgan fingerprint density at radius 2 is 1.40 bits per heavy atom. The van der Waals surface area contributed by atoms with E-state index in [4.69, 9.17) is 0 Å². The van der Waals surface area contributed by atoms with Gasteiger partial charge in [-0.25, -0.2) is 0 Å². The lowest BCUT2D eigenvalue weighted by molar-refractivity contribution is -0.182. The largest absolute Gasteiger partial charge is 0.391 e. The van der Waals surface area contributed by atoms with Crippen molar-refractivity contribution in [2.45, 2.75) is 81.7 Å². The van der Waals surface area contributed by atoms with Crippen LogP contribution in [0.15, 0.2) is 0 Å². The van der Waals surface area contributed by atoms with Crippen LogP contribution in [0.25, 0.3) is 0 Å². The minimum Gasteiger partial charge on any atom is -0.311 e. The van der Waals surface area contributed by atoms with Crippen LogP contribution in [0.4, 0.5) is 13.2 Å². The van der Waals surface area contributed by atoms with Crippen LogP contribution in [-0.2, 0) is 0 Å². The van der Waals surface area contributed by atoms with Crippen molar-refractivity contribution in [2.24, 2.45) is 5.92 Å². The molecule has 116 valence electrons. The standard InChI is InChI=1S/C15H25F3N2/c1-20-13-6-7-14(20)9-12(8-13)19-11-4-2-10(3-5-11)15(16,17)18/h10-14,19H,2-9H2,1H3. The van der Waals surface area contributed by atoms with Crippen LogP contribution in [0.1, 0.15) is 51.4 Å². The van der Waals surface area contributed by atoms with E-state index in [2.05, 4.69) is 17.3 Å². The maximum atomic E-state index is 12.7. The summed E-state index contributed by atoms with van der Waals surface area (Å²) < 4.78 is 38.0. The molecule has 2 saturated heterocycles. The van der Waals surface area contributed by atoms with Gasteiger partial charge in [0.2, 0.25) is 0 Å². The van der Waals surface area contributed by atoms with Crippen molar-refractivity contribution in [3.05, 3.63) is 0 Å². The number of nitrogens with zero attached hydrogens (tertiary/aromatic N) is 1. The summed E-state index contributed by atoms with van der Waals surface area (Å²) in [7, 11) is 2.22. The highest BCUT2D eigenvalue weighted by Gasteiger charge is 2.43. The fraction of sp³-hybridized carbons (Fsp3) is 1.00. The highest BCUT2D eigenvalue weighted by molar-refractivity contribution is 4.97. The van der Waals surface area contributed by atoms with Crippen molar-refractivity contribution in [1.29, 1.82) is 0 Å². The van der Waals surface area contributed by atoms with Crippen LogP contribution < -0.4 is 5.32 Å². The van der Waals surface area contributed by atoms with Crippen LogP contribution in [0.3, 0.4) is 0 Å². The second-order valence-corrected chi connectivity index (χ2v) is 6.98. The Kier molecular flexibility index (Phi) is 4.01. The molecule has 20 heavy (non-hydrogen) atoms. The third kappa shape index (κ3) is 2.98. The lowest BCUT2D eigenvalue weighted by atomic mass is 9.84. The first-order valence-electron chi connectivity index (χ1n) is 7.98. The number of alkyl halides is 3. The molecule has 1 N–H and O–H groups in total. The summed E-state index contributed by atoms with van der Waals surface area (Å²) in [5.74, 6) is -1.06. The van der Waals surface area contributed by atoms with Gasteiger partial charge in [-0.15, -0.1) is 0 Å².